The van der Waals surface area contributed by atoms with Gasteiger partial charge in [0, 0.05) is 42.3 Å². The predicted octanol–water partition coefficient (Wildman–Crippen LogP) is 2.73. The Kier molecular flexibility index (Phi) is 4.99. The Hall–Kier alpha value is -2.15. The molecule has 0 radical (unpaired) electrons. The van der Waals surface area contributed by atoms with Crippen LogP contribution in [0.3, 0.4) is 0 Å². The third-order valence-electron chi connectivity index (χ3n) is 3.99. The average molecular weight is 392 g/mol. The summed E-state index contributed by atoms with van der Waals surface area (Å²) in [5.41, 5.74) is 0.968. The third kappa shape index (κ3) is 3.67. The van der Waals surface area contributed by atoms with Gasteiger partial charge in [0.1, 0.15) is 5.76 Å². The summed E-state index contributed by atoms with van der Waals surface area (Å²) in [7, 11) is 0. The van der Waals surface area contributed by atoms with Crippen molar-refractivity contribution < 1.29 is 14.1 Å². The number of benzene rings is 1. The van der Waals surface area contributed by atoms with Gasteiger partial charge in [-0.3, -0.25) is 9.59 Å². The zero-order valence-electron chi connectivity index (χ0n) is 13.4. The van der Waals surface area contributed by atoms with Crippen molar-refractivity contribution in [3.05, 3.63) is 51.8 Å². The smallest absolute Gasteiger partial charge is 0.276 e. The lowest BCUT2D eigenvalue weighted by Gasteiger charge is -2.21. The summed E-state index contributed by atoms with van der Waals surface area (Å²) in [5.74, 6) is 0.450. The highest BCUT2D eigenvalue weighted by molar-refractivity contribution is 9.10. The van der Waals surface area contributed by atoms with Crippen LogP contribution in [-0.2, 0) is 0 Å². The van der Waals surface area contributed by atoms with Gasteiger partial charge in [-0.15, -0.1) is 0 Å². The molecule has 0 bridgehead atoms. The lowest BCUT2D eigenvalue weighted by molar-refractivity contribution is 0.0713. The normalized spacial score (nSPS) is 15.2. The van der Waals surface area contributed by atoms with E-state index in [1.54, 1.807) is 28.9 Å². The van der Waals surface area contributed by atoms with Gasteiger partial charge in [-0.05, 0) is 31.5 Å². The zero-order valence-corrected chi connectivity index (χ0v) is 15.0. The van der Waals surface area contributed by atoms with Gasteiger partial charge in [0.05, 0.1) is 0 Å². The van der Waals surface area contributed by atoms with Crippen molar-refractivity contribution in [1.29, 1.82) is 0 Å². The van der Waals surface area contributed by atoms with E-state index in [-0.39, 0.29) is 11.8 Å². The number of carbonyl (C=O) groups excluding carboxylic acids is 2. The molecule has 2 heterocycles. The summed E-state index contributed by atoms with van der Waals surface area (Å²) in [6.07, 6.45) is 0.738. The predicted molar refractivity (Wildman–Crippen MR) is 91.8 cm³/mol. The Morgan fingerprint density at radius 1 is 1.08 bits per heavy atom. The monoisotopic (exact) mass is 391 g/mol. The molecule has 1 aliphatic rings. The van der Waals surface area contributed by atoms with Crippen LogP contribution in [0.1, 0.15) is 33.0 Å². The molecule has 2 aromatic rings. The lowest BCUT2D eigenvalue weighted by Crippen LogP contribution is -2.37. The van der Waals surface area contributed by atoms with Crippen molar-refractivity contribution in [1.82, 2.24) is 15.0 Å². The maximum Gasteiger partial charge on any atom is 0.276 e. The van der Waals surface area contributed by atoms with Crippen molar-refractivity contribution >= 4 is 27.7 Å². The van der Waals surface area contributed by atoms with Crippen LogP contribution >= 0.6 is 15.9 Å². The highest BCUT2D eigenvalue weighted by Crippen LogP contribution is 2.16. The van der Waals surface area contributed by atoms with Crippen LogP contribution in [0.5, 0.6) is 0 Å². The van der Waals surface area contributed by atoms with Crippen LogP contribution < -0.4 is 0 Å². The average Bonchev–Trinajstić information content (AvgIpc) is 2.86. The van der Waals surface area contributed by atoms with Crippen LogP contribution in [0.2, 0.25) is 0 Å². The van der Waals surface area contributed by atoms with E-state index in [1.165, 1.54) is 0 Å². The fraction of sp³-hybridized carbons (Fsp3) is 0.353. The summed E-state index contributed by atoms with van der Waals surface area (Å²) in [5, 5.41) is 3.78. The summed E-state index contributed by atoms with van der Waals surface area (Å²) in [4.78, 5) is 28.6. The molecule has 0 atom stereocenters. The highest BCUT2D eigenvalue weighted by Gasteiger charge is 2.25. The van der Waals surface area contributed by atoms with E-state index in [0.717, 1.165) is 10.9 Å². The minimum atomic E-state index is -0.149. The molecule has 7 heteroatoms. The van der Waals surface area contributed by atoms with Crippen molar-refractivity contribution in [3.63, 3.8) is 0 Å². The second-order valence-corrected chi connectivity index (χ2v) is 6.69. The number of amides is 2. The molecule has 126 valence electrons. The fourth-order valence-corrected chi connectivity index (χ4v) is 3.16. The van der Waals surface area contributed by atoms with E-state index >= 15 is 0 Å². The number of aryl methyl sites for hydroxylation is 1. The number of halogens is 1. The molecular formula is C17H18BrN3O3. The first-order valence-corrected chi connectivity index (χ1v) is 8.61. The van der Waals surface area contributed by atoms with Gasteiger partial charge < -0.3 is 14.3 Å². The Labute approximate surface area is 148 Å². The number of aromatic nitrogens is 1. The van der Waals surface area contributed by atoms with Crippen molar-refractivity contribution in [3.8, 4) is 0 Å². The molecule has 1 aromatic heterocycles. The topological polar surface area (TPSA) is 66.7 Å². The highest BCUT2D eigenvalue weighted by atomic mass is 79.9. The molecule has 3 rings (SSSR count). The first kappa shape index (κ1) is 16.7. The fourth-order valence-electron chi connectivity index (χ4n) is 2.76. The molecule has 0 spiro atoms. The number of hydrogen-bond donors (Lipinski definition) is 0. The van der Waals surface area contributed by atoms with E-state index in [2.05, 4.69) is 21.1 Å². The lowest BCUT2D eigenvalue weighted by atomic mass is 10.2. The largest absolute Gasteiger partial charge is 0.361 e. The minimum absolute atomic E-state index is 0.0112. The standard InChI is InChI=1S/C17H18BrN3O3/c1-12-10-15(19-24-12)17(23)21-7-3-6-20(8-9-21)16(22)13-4-2-5-14(18)11-13/h2,4-5,10-11H,3,6-9H2,1H3. The van der Waals surface area contributed by atoms with E-state index in [9.17, 15) is 9.59 Å². The minimum Gasteiger partial charge on any atom is -0.361 e. The van der Waals surface area contributed by atoms with Crippen molar-refractivity contribution in [2.45, 2.75) is 13.3 Å². The van der Waals surface area contributed by atoms with Crippen molar-refractivity contribution in [2.75, 3.05) is 26.2 Å². The van der Waals surface area contributed by atoms with Gasteiger partial charge in [0.15, 0.2) is 5.69 Å². The van der Waals surface area contributed by atoms with Gasteiger partial charge in [-0.25, -0.2) is 0 Å². The summed E-state index contributed by atoms with van der Waals surface area (Å²) >= 11 is 3.39. The van der Waals surface area contributed by atoms with Gasteiger partial charge in [0.2, 0.25) is 0 Å². The number of nitrogens with zero attached hydrogens (tertiary/aromatic N) is 3. The molecule has 0 aliphatic carbocycles. The summed E-state index contributed by atoms with van der Waals surface area (Å²) in [6, 6.07) is 8.99. The first-order valence-electron chi connectivity index (χ1n) is 7.82. The summed E-state index contributed by atoms with van der Waals surface area (Å²) < 4.78 is 5.85. The molecule has 1 aromatic carbocycles. The van der Waals surface area contributed by atoms with Crippen LogP contribution in [0.25, 0.3) is 0 Å². The van der Waals surface area contributed by atoms with Gasteiger partial charge in [-0.2, -0.15) is 0 Å². The van der Waals surface area contributed by atoms with E-state index in [0.29, 0.717) is 43.2 Å². The van der Waals surface area contributed by atoms with E-state index < -0.39 is 0 Å². The van der Waals surface area contributed by atoms with E-state index in [4.69, 9.17) is 4.52 Å². The maximum atomic E-state index is 12.6. The van der Waals surface area contributed by atoms with E-state index in [1.807, 2.05) is 18.2 Å². The van der Waals surface area contributed by atoms with Crippen molar-refractivity contribution in [2.24, 2.45) is 0 Å². The van der Waals surface area contributed by atoms with Gasteiger partial charge in [-0.1, -0.05) is 27.2 Å². The molecule has 1 aliphatic heterocycles. The van der Waals surface area contributed by atoms with Gasteiger partial charge in [0.25, 0.3) is 11.8 Å². The van der Waals surface area contributed by atoms with Crippen LogP contribution in [0.4, 0.5) is 0 Å². The van der Waals surface area contributed by atoms with Gasteiger partial charge >= 0.3 is 0 Å². The molecule has 2 amide bonds. The molecule has 0 unspecified atom stereocenters. The second-order valence-electron chi connectivity index (χ2n) is 5.77. The third-order valence-corrected chi connectivity index (χ3v) is 4.48. The molecule has 0 N–H and O–H groups in total. The van der Waals surface area contributed by atoms with Crippen LogP contribution in [-0.4, -0.2) is 52.9 Å². The molecular weight excluding hydrogens is 374 g/mol. The Bertz CT molecular complexity index is 759. The Morgan fingerprint density at radius 2 is 1.79 bits per heavy atom. The van der Waals surface area contributed by atoms with Crippen LogP contribution in [0, 0.1) is 6.92 Å². The quantitative estimate of drug-likeness (QED) is 0.789. The second kappa shape index (κ2) is 7.17. The Balaban J connectivity index is 1.66. The summed E-state index contributed by atoms with van der Waals surface area (Å²) in [6.45, 7) is 3.99. The number of rotatable bonds is 2. The SMILES string of the molecule is Cc1cc(C(=O)N2CCCN(C(=O)c3cccc(Br)c3)CC2)no1. The number of carbonyl (C=O) groups is 2. The zero-order chi connectivity index (χ0) is 17.1. The first-order chi connectivity index (χ1) is 11.5. The molecule has 1 fully saturated rings. The molecule has 0 saturated carbocycles. The van der Waals surface area contributed by atoms with Crippen LogP contribution in [0.15, 0.2) is 39.3 Å². The molecule has 1 saturated heterocycles. The maximum absolute atomic E-state index is 12.6. The molecule has 6 nitrogen and oxygen atoms in total. The molecule has 24 heavy (non-hydrogen) atoms. The number of hydrogen-bond acceptors (Lipinski definition) is 4. The Morgan fingerprint density at radius 3 is 2.42 bits per heavy atom.